The topological polar surface area (TPSA) is 38.0 Å². The molecule has 1 rings (SSSR count). The van der Waals surface area contributed by atoms with Gasteiger partial charge < -0.3 is 11.1 Å². The Bertz CT molecular complexity index is 321. The maximum atomic E-state index is 5.91. The highest BCUT2D eigenvalue weighted by molar-refractivity contribution is 5.74. The normalized spacial score (nSPS) is 11.7. The number of nitrogens with two attached hydrogens (primary N) is 1. The molecule has 0 bridgehead atoms. The first-order valence-corrected chi connectivity index (χ1v) is 4.94. The molecule has 0 saturated heterocycles. The van der Waals surface area contributed by atoms with E-state index >= 15 is 0 Å². The van der Waals surface area contributed by atoms with Gasteiger partial charge in [0.05, 0.1) is 0 Å². The molecule has 0 unspecified atom stereocenters. The molecule has 0 amide bonds. The van der Waals surface area contributed by atoms with Gasteiger partial charge in [-0.3, -0.25) is 0 Å². The third-order valence-electron chi connectivity index (χ3n) is 2.30. The second kappa shape index (κ2) is 5.45. The van der Waals surface area contributed by atoms with Crippen molar-refractivity contribution in [1.29, 1.82) is 0 Å². The van der Waals surface area contributed by atoms with Crippen LogP contribution in [-0.4, -0.2) is 13.6 Å². The number of rotatable bonds is 4. The fourth-order valence-corrected chi connectivity index (χ4v) is 1.48. The highest BCUT2D eigenvalue weighted by Crippen LogP contribution is 2.23. The van der Waals surface area contributed by atoms with Gasteiger partial charge in [0.25, 0.3) is 0 Å². The minimum Gasteiger partial charge on any atom is -0.398 e. The molecule has 1 aromatic rings. The van der Waals surface area contributed by atoms with Gasteiger partial charge in [0.2, 0.25) is 0 Å². The molecule has 2 nitrogen and oxygen atoms in total. The number of nitrogen functional groups attached to an aromatic ring is 1. The first-order chi connectivity index (χ1) is 6.79. The number of benzene rings is 1. The second-order valence-corrected chi connectivity index (χ2v) is 3.25. The quantitative estimate of drug-likeness (QED) is 0.719. The van der Waals surface area contributed by atoms with E-state index in [1.165, 1.54) is 5.57 Å². The lowest BCUT2D eigenvalue weighted by Gasteiger charge is -2.09. The van der Waals surface area contributed by atoms with E-state index in [2.05, 4.69) is 24.4 Å². The summed E-state index contributed by atoms with van der Waals surface area (Å²) in [6.45, 7) is 3.03. The van der Waals surface area contributed by atoms with Crippen LogP contribution in [-0.2, 0) is 0 Å². The van der Waals surface area contributed by atoms with Gasteiger partial charge in [0, 0.05) is 12.7 Å². The van der Waals surface area contributed by atoms with Crippen molar-refractivity contribution in [2.24, 2.45) is 0 Å². The van der Waals surface area contributed by atoms with Gasteiger partial charge in [-0.25, -0.2) is 0 Å². The standard InChI is InChI=1S/C12H18N2.H2/c1-3-10(8-9-14-2)11-6-4-5-7-12(11)13;/h3-7,14H,8-9,13H2,1-2H3;1H/b10-3+;. The van der Waals surface area contributed by atoms with Crippen molar-refractivity contribution in [3.8, 4) is 0 Å². The Morgan fingerprint density at radius 2 is 2.21 bits per heavy atom. The molecule has 0 aliphatic heterocycles. The minimum atomic E-state index is 0. The van der Waals surface area contributed by atoms with Gasteiger partial charge in [0.15, 0.2) is 0 Å². The molecule has 0 aliphatic carbocycles. The summed E-state index contributed by atoms with van der Waals surface area (Å²) < 4.78 is 0. The summed E-state index contributed by atoms with van der Waals surface area (Å²) in [6, 6.07) is 8.00. The van der Waals surface area contributed by atoms with E-state index in [0.29, 0.717) is 0 Å². The Kier molecular flexibility index (Phi) is 4.20. The van der Waals surface area contributed by atoms with Crippen LogP contribution in [0.15, 0.2) is 30.3 Å². The highest BCUT2D eigenvalue weighted by Gasteiger charge is 2.02. The fourth-order valence-electron chi connectivity index (χ4n) is 1.48. The van der Waals surface area contributed by atoms with E-state index in [4.69, 9.17) is 5.73 Å². The Hall–Kier alpha value is -1.28. The Morgan fingerprint density at radius 3 is 2.79 bits per heavy atom. The van der Waals surface area contributed by atoms with Gasteiger partial charge >= 0.3 is 0 Å². The van der Waals surface area contributed by atoms with Crippen molar-refractivity contribution < 1.29 is 1.43 Å². The van der Waals surface area contributed by atoms with Crippen LogP contribution in [0.5, 0.6) is 0 Å². The predicted molar refractivity (Wildman–Crippen MR) is 65.2 cm³/mol. The molecule has 0 saturated carbocycles. The Labute approximate surface area is 87.3 Å². The van der Waals surface area contributed by atoms with Crippen molar-refractivity contribution in [3.05, 3.63) is 35.9 Å². The third kappa shape index (κ3) is 2.60. The number of nitrogens with one attached hydrogen (secondary N) is 1. The maximum Gasteiger partial charge on any atom is 0.0390 e. The average molecular weight is 192 g/mol. The molecule has 78 valence electrons. The summed E-state index contributed by atoms with van der Waals surface area (Å²) in [5.41, 5.74) is 9.23. The molecule has 0 heterocycles. The number of allylic oxidation sites excluding steroid dienone is 1. The maximum absolute atomic E-state index is 5.91. The largest absolute Gasteiger partial charge is 0.398 e. The van der Waals surface area contributed by atoms with Gasteiger partial charge in [-0.2, -0.15) is 0 Å². The van der Waals surface area contributed by atoms with Crippen LogP contribution in [0.1, 0.15) is 20.3 Å². The molecular formula is C12H20N2. The summed E-state index contributed by atoms with van der Waals surface area (Å²) in [7, 11) is 1.96. The predicted octanol–water partition coefficient (Wildman–Crippen LogP) is 2.53. The van der Waals surface area contributed by atoms with Crippen LogP contribution in [0, 0.1) is 0 Å². The van der Waals surface area contributed by atoms with Gasteiger partial charge in [-0.05, 0) is 38.6 Å². The summed E-state index contributed by atoms with van der Waals surface area (Å²) >= 11 is 0. The molecule has 0 atom stereocenters. The Balaban J connectivity index is 0.00000196. The van der Waals surface area contributed by atoms with Crippen molar-refractivity contribution in [3.63, 3.8) is 0 Å². The first-order valence-electron chi connectivity index (χ1n) is 4.94. The molecule has 0 aromatic heterocycles. The summed E-state index contributed by atoms with van der Waals surface area (Å²) in [5.74, 6) is 0. The van der Waals surface area contributed by atoms with E-state index in [0.717, 1.165) is 24.2 Å². The van der Waals surface area contributed by atoms with Crippen LogP contribution in [0.2, 0.25) is 0 Å². The second-order valence-electron chi connectivity index (χ2n) is 3.25. The number of para-hydroxylation sites is 1. The molecule has 0 radical (unpaired) electrons. The first kappa shape index (κ1) is 10.8. The zero-order chi connectivity index (χ0) is 10.4. The number of anilines is 1. The molecule has 1 aromatic carbocycles. The van der Waals surface area contributed by atoms with Gasteiger partial charge in [-0.1, -0.05) is 24.3 Å². The smallest absolute Gasteiger partial charge is 0.0390 e. The van der Waals surface area contributed by atoms with Crippen LogP contribution in [0.3, 0.4) is 0 Å². The van der Waals surface area contributed by atoms with E-state index in [1.807, 2.05) is 25.2 Å². The summed E-state index contributed by atoms with van der Waals surface area (Å²) in [5, 5.41) is 3.14. The van der Waals surface area contributed by atoms with Crippen molar-refractivity contribution in [2.45, 2.75) is 13.3 Å². The molecule has 14 heavy (non-hydrogen) atoms. The van der Waals surface area contributed by atoms with Crippen molar-refractivity contribution >= 4 is 11.3 Å². The minimum absolute atomic E-state index is 0. The van der Waals surface area contributed by atoms with Gasteiger partial charge in [-0.15, -0.1) is 0 Å². The molecular weight excluding hydrogens is 172 g/mol. The van der Waals surface area contributed by atoms with Gasteiger partial charge in [0.1, 0.15) is 0 Å². The molecule has 0 fully saturated rings. The molecule has 3 N–H and O–H groups in total. The summed E-state index contributed by atoms with van der Waals surface area (Å²) in [4.78, 5) is 0. The van der Waals surface area contributed by atoms with Crippen molar-refractivity contribution in [2.75, 3.05) is 19.3 Å². The molecule has 0 spiro atoms. The molecule has 0 aliphatic rings. The van der Waals surface area contributed by atoms with E-state index in [1.54, 1.807) is 0 Å². The van der Waals surface area contributed by atoms with E-state index < -0.39 is 0 Å². The zero-order valence-electron chi connectivity index (χ0n) is 8.88. The SMILES string of the molecule is C/C=C(\CCNC)c1ccccc1N.[HH]. The lowest BCUT2D eigenvalue weighted by Crippen LogP contribution is -2.08. The monoisotopic (exact) mass is 192 g/mol. The van der Waals surface area contributed by atoms with Crippen LogP contribution in [0.4, 0.5) is 5.69 Å². The zero-order valence-corrected chi connectivity index (χ0v) is 8.88. The van der Waals surface area contributed by atoms with Crippen LogP contribution < -0.4 is 11.1 Å². The third-order valence-corrected chi connectivity index (χ3v) is 2.30. The van der Waals surface area contributed by atoms with Crippen molar-refractivity contribution in [1.82, 2.24) is 5.32 Å². The van der Waals surface area contributed by atoms with Crippen LogP contribution in [0.25, 0.3) is 5.57 Å². The van der Waals surface area contributed by atoms with E-state index in [-0.39, 0.29) is 1.43 Å². The highest BCUT2D eigenvalue weighted by atomic mass is 14.8. The average Bonchev–Trinajstić information content (AvgIpc) is 2.21. The summed E-state index contributed by atoms with van der Waals surface area (Å²) in [6.07, 6.45) is 3.14. The fraction of sp³-hybridized carbons (Fsp3) is 0.333. The van der Waals surface area contributed by atoms with Crippen LogP contribution >= 0.6 is 0 Å². The molecule has 2 heteroatoms. The number of hydrogen-bond acceptors (Lipinski definition) is 2. The Morgan fingerprint density at radius 1 is 1.50 bits per heavy atom. The van der Waals surface area contributed by atoms with E-state index in [9.17, 15) is 0 Å². The number of hydrogen-bond donors (Lipinski definition) is 2. The lowest BCUT2D eigenvalue weighted by atomic mass is 10.0. The lowest BCUT2D eigenvalue weighted by molar-refractivity contribution is 0.815.